The molecule has 0 aliphatic rings. The van der Waals surface area contributed by atoms with Gasteiger partial charge in [0.15, 0.2) is 0 Å². The molecule has 12 nitrogen and oxygen atoms in total. The molecular weight excluding hydrogens is 446 g/mol. The SMILES string of the molecule is CC(C)CC(NC(=O)C(Cc1ccccc1)NC(=O)C(N)CC(N)=O)C(=O)NC(CO)C(=O)O. The Hall–Kier alpha value is -3.51. The molecule has 0 saturated carbocycles. The second-order valence-corrected chi connectivity index (χ2v) is 8.30. The molecular formula is C22H33N5O7. The molecule has 0 saturated heterocycles. The van der Waals surface area contributed by atoms with E-state index in [1.54, 1.807) is 44.2 Å². The van der Waals surface area contributed by atoms with Gasteiger partial charge >= 0.3 is 5.97 Å². The van der Waals surface area contributed by atoms with Gasteiger partial charge in [0, 0.05) is 6.42 Å². The van der Waals surface area contributed by atoms with Gasteiger partial charge in [-0.05, 0) is 17.9 Å². The van der Waals surface area contributed by atoms with Crippen molar-refractivity contribution in [1.82, 2.24) is 16.0 Å². The predicted octanol–water partition coefficient (Wildman–Crippen LogP) is -1.99. The van der Waals surface area contributed by atoms with E-state index >= 15 is 0 Å². The molecule has 0 aliphatic carbocycles. The molecule has 0 spiro atoms. The van der Waals surface area contributed by atoms with E-state index < -0.39 is 66.8 Å². The Labute approximate surface area is 197 Å². The molecule has 1 rings (SSSR count). The number of carbonyl (C=O) groups excluding carboxylic acids is 4. The number of carboxylic acids is 1. The maximum Gasteiger partial charge on any atom is 0.328 e. The standard InChI is InChI=1S/C22H33N5O7/c1-12(2)8-15(20(31)27-17(11-28)22(33)34)26-21(32)16(9-13-6-4-3-5-7-13)25-19(30)14(23)10-18(24)29/h3-7,12,14-17,28H,8-11,23H2,1-2H3,(H2,24,29)(H,25,30)(H,26,32)(H,27,31)(H,33,34). The van der Waals surface area contributed by atoms with Gasteiger partial charge in [-0.25, -0.2) is 4.79 Å². The minimum absolute atomic E-state index is 0.0559. The maximum absolute atomic E-state index is 13.1. The number of benzene rings is 1. The number of hydrogen-bond acceptors (Lipinski definition) is 7. The number of carboxylic acid groups (broad SMARTS) is 1. The number of aliphatic carboxylic acids is 1. The highest BCUT2D eigenvalue weighted by Gasteiger charge is 2.31. The van der Waals surface area contributed by atoms with E-state index in [-0.39, 0.29) is 18.8 Å². The number of amides is 4. The number of nitrogens with two attached hydrogens (primary N) is 2. The molecule has 12 heteroatoms. The summed E-state index contributed by atoms with van der Waals surface area (Å²) in [5.74, 6) is -4.54. The van der Waals surface area contributed by atoms with E-state index in [1.807, 2.05) is 0 Å². The zero-order chi connectivity index (χ0) is 25.8. The number of aliphatic hydroxyl groups excluding tert-OH is 1. The van der Waals surface area contributed by atoms with Crippen molar-refractivity contribution < 1.29 is 34.2 Å². The highest BCUT2D eigenvalue weighted by Crippen LogP contribution is 2.09. The molecule has 0 aliphatic heterocycles. The summed E-state index contributed by atoms with van der Waals surface area (Å²) >= 11 is 0. The monoisotopic (exact) mass is 479 g/mol. The molecule has 4 atom stereocenters. The molecule has 34 heavy (non-hydrogen) atoms. The lowest BCUT2D eigenvalue weighted by molar-refractivity contribution is -0.143. The molecule has 1 aromatic carbocycles. The molecule has 188 valence electrons. The van der Waals surface area contributed by atoms with Crippen molar-refractivity contribution in [2.75, 3.05) is 6.61 Å². The molecule has 0 aromatic heterocycles. The summed E-state index contributed by atoms with van der Waals surface area (Å²) in [5, 5.41) is 25.5. The summed E-state index contributed by atoms with van der Waals surface area (Å²) in [6.07, 6.45) is -0.184. The molecule has 4 amide bonds. The lowest BCUT2D eigenvalue weighted by Gasteiger charge is -2.26. The van der Waals surface area contributed by atoms with Crippen molar-refractivity contribution in [2.45, 2.75) is 57.3 Å². The van der Waals surface area contributed by atoms with Crippen LogP contribution in [0, 0.1) is 5.92 Å². The fourth-order valence-electron chi connectivity index (χ4n) is 3.08. The Morgan fingerprint density at radius 3 is 1.91 bits per heavy atom. The van der Waals surface area contributed by atoms with Crippen LogP contribution in [0.25, 0.3) is 0 Å². The minimum atomic E-state index is -1.54. The number of rotatable bonds is 14. The quantitative estimate of drug-likeness (QED) is 0.158. The number of aliphatic hydroxyl groups is 1. The van der Waals surface area contributed by atoms with E-state index in [9.17, 15) is 29.1 Å². The fourth-order valence-corrected chi connectivity index (χ4v) is 3.08. The normalized spacial score (nSPS) is 14.4. The summed E-state index contributed by atoms with van der Waals surface area (Å²) in [5.41, 5.74) is 11.5. The van der Waals surface area contributed by atoms with E-state index in [4.69, 9.17) is 16.6 Å². The molecule has 4 unspecified atom stereocenters. The lowest BCUT2D eigenvalue weighted by atomic mass is 10.0. The van der Waals surface area contributed by atoms with E-state index in [0.29, 0.717) is 5.56 Å². The van der Waals surface area contributed by atoms with Gasteiger partial charge in [-0.15, -0.1) is 0 Å². The van der Waals surface area contributed by atoms with E-state index in [2.05, 4.69) is 16.0 Å². The summed E-state index contributed by atoms with van der Waals surface area (Å²) in [7, 11) is 0. The Kier molecular flexibility index (Phi) is 11.7. The zero-order valence-electron chi connectivity index (χ0n) is 19.2. The summed E-state index contributed by atoms with van der Waals surface area (Å²) in [4.78, 5) is 60.5. The number of nitrogens with one attached hydrogen (secondary N) is 3. The molecule has 0 fully saturated rings. The Balaban J connectivity index is 3.08. The van der Waals surface area contributed by atoms with Crippen LogP contribution >= 0.6 is 0 Å². The molecule has 1 aromatic rings. The smallest absolute Gasteiger partial charge is 0.328 e. The Morgan fingerprint density at radius 2 is 1.41 bits per heavy atom. The van der Waals surface area contributed by atoms with Crippen molar-refractivity contribution in [3.05, 3.63) is 35.9 Å². The van der Waals surface area contributed by atoms with Crippen LogP contribution in [0.2, 0.25) is 0 Å². The van der Waals surface area contributed by atoms with Crippen molar-refractivity contribution >= 4 is 29.6 Å². The van der Waals surface area contributed by atoms with Crippen LogP contribution in [0.5, 0.6) is 0 Å². The van der Waals surface area contributed by atoms with Crippen LogP contribution < -0.4 is 27.4 Å². The van der Waals surface area contributed by atoms with Crippen LogP contribution in [-0.2, 0) is 30.4 Å². The third-order valence-electron chi connectivity index (χ3n) is 4.81. The Bertz CT molecular complexity index is 862. The van der Waals surface area contributed by atoms with Gasteiger partial charge in [0.2, 0.25) is 23.6 Å². The first-order chi connectivity index (χ1) is 15.9. The first kappa shape index (κ1) is 28.5. The second kappa shape index (κ2) is 13.9. The highest BCUT2D eigenvalue weighted by atomic mass is 16.4. The first-order valence-electron chi connectivity index (χ1n) is 10.8. The number of carbonyl (C=O) groups is 5. The van der Waals surface area contributed by atoms with E-state index in [1.165, 1.54) is 0 Å². The summed E-state index contributed by atoms with van der Waals surface area (Å²) in [6, 6.07) is 3.69. The fraction of sp³-hybridized carbons (Fsp3) is 0.500. The second-order valence-electron chi connectivity index (χ2n) is 8.30. The van der Waals surface area contributed by atoms with Gasteiger partial charge in [0.05, 0.1) is 19.1 Å². The van der Waals surface area contributed by atoms with Gasteiger partial charge in [-0.2, -0.15) is 0 Å². The molecule has 0 heterocycles. The molecule has 0 radical (unpaired) electrons. The highest BCUT2D eigenvalue weighted by molar-refractivity contribution is 5.95. The number of primary amides is 1. The van der Waals surface area contributed by atoms with Crippen molar-refractivity contribution in [2.24, 2.45) is 17.4 Å². The van der Waals surface area contributed by atoms with E-state index in [0.717, 1.165) is 0 Å². The average molecular weight is 480 g/mol. The number of hydrogen-bond donors (Lipinski definition) is 7. The zero-order valence-corrected chi connectivity index (χ0v) is 19.2. The average Bonchev–Trinajstić information content (AvgIpc) is 2.75. The predicted molar refractivity (Wildman–Crippen MR) is 122 cm³/mol. The van der Waals surface area contributed by atoms with Gasteiger partial charge in [-0.3, -0.25) is 19.2 Å². The minimum Gasteiger partial charge on any atom is -0.480 e. The van der Waals surface area contributed by atoms with Crippen LogP contribution in [0.4, 0.5) is 0 Å². The lowest BCUT2D eigenvalue weighted by Crippen LogP contribution is -2.58. The largest absolute Gasteiger partial charge is 0.480 e. The van der Waals surface area contributed by atoms with Crippen LogP contribution in [-0.4, -0.2) is 70.6 Å². The third-order valence-corrected chi connectivity index (χ3v) is 4.81. The topological polar surface area (TPSA) is 214 Å². The van der Waals surface area contributed by atoms with Gasteiger partial charge < -0.3 is 37.6 Å². The van der Waals surface area contributed by atoms with Gasteiger partial charge in [0.1, 0.15) is 18.1 Å². The first-order valence-corrected chi connectivity index (χ1v) is 10.8. The summed E-state index contributed by atoms with van der Waals surface area (Å²) in [6.45, 7) is 2.78. The van der Waals surface area contributed by atoms with Crippen LogP contribution in [0.1, 0.15) is 32.3 Å². The Morgan fingerprint density at radius 1 is 0.882 bits per heavy atom. The van der Waals surface area contributed by atoms with Gasteiger partial charge in [-0.1, -0.05) is 44.2 Å². The van der Waals surface area contributed by atoms with Crippen molar-refractivity contribution in [1.29, 1.82) is 0 Å². The van der Waals surface area contributed by atoms with Crippen LogP contribution in [0.3, 0.4) is 0 Å². The molecule has 9 N–H and O–H groups in total. The van der Waals surface area contributed by atoms with Crippen molar-refractivity contribution in [3.8, 4) is 0 Å². The maximum atomic E-state index is 13.1. The van der Waals surface area contributed by atoms with Crippen molar-refractivity contribution in [3.63, 3.8) is 0 Å². The summed E-state index contributed by atoms with van der Waals surface area (Å²) < 4.78 is 0. The third kappa shape index (κ3) is 9.96. The van der Waals surface area contributed by atoms with Gasteiger partial charge in [0.25, 0.3) is 0 Å². The van der Waals surface area contributed by atoms with Crippen LogP contribution in [0.15, 0.2) is 30.3 Å². The molecule has 0 bridgehead atoms.